The highest BCUT2D eigenvalue weighted by atomic mass is 16.5. The quantitative estimate of drug-likeness (QED) is 0.482. The van der Waals surface area contributed by atoms with Gasteiger partial charge in [-0.3, -0.25) is 28.9 Å². The number of methoxy groups -OCH3 is 1. The highest BCUT2D eigenvalue weighted by molar-refractivity contribution is 6.32. The summed E-state index contributed by atoms with van der Waals surface area (Å²) in [5.74, 6) is -10.4. The van der Waals surface area contributed by atoms with Crippen molar-refractivity contribution in [3.8, 4) is 5.75 Å². The van der Waals surface area contributed by atoms with Crippen molar-refractivity contribution in [3.63, 3.8) is 0 Å². The van der Waals surface area contributed by atoms with E-state index in [0.29, 0.717) is 11.1 Å². The summed E-state index contributed by atoms with van der Waals surface area (Å²) in [5, 5.41) is 22.3. The molecule has 0 radical (unpaired) electrons. The molecule has 1 aromatic carbocycles. The molecule has 0 aromatic heterocycles. The maximum absolute atomic E-state index is 13.7. The first kappa shape index (κ1) is 24.2. The number of phenolic OH excluding ortho intramolecular Hbond substituents is 1. The van der Waals surface area contributed by atoms with Crippen LogP contribution in [0.5, 0.6) is 5.75 Å². The number of amides is 1. The monoisotopic (exact) mass is 472 g/mol. The number of nitrogens with zero attached hydrogens (tertiary/aromatic N) is 1. The zero-order valence-corrected chi connectivity index (χ0v) is 19.5. The number of benzene rings is 1. The molecule has 0 saturated heterocycles. The lowest BCUT2D eigenvalue weighted by molar-refractivity contribution is -0.181. The molecule has 2 saturated carbocycles. The molecule has 1 amide bonds. The van der Waals surface area contributed by atoms with Gasteiger partial charge in [0.25, 0.3) is 0 Å². The summed E-state index contributed by atoms with van der Waals surface area (Å²) in [6, 6.07) is 0.611. The van der Waals surface area contributed by atoms with Crippen molar-refractivity contribution in [1.29, 1.82) is 0 Å². The van der Waals surface area contributed by atoms with E-state index in [-0.39, 0.29) is 30.8 Å². The second kappa shape index (κ2) is 8.07. The Balaban J connectivity index is 1.87. The minimum absolute atomic E-state index is 0.0151. The highest BCUT2D eigenvalue weighted by Gasteiger charge is 2.69. The van der Waals surface area contributed by atoms with Crippen LogP contribution in [0.2, 0.25) is 0 Å². The lowest BCUT2D eigenvalue weighted by Crippen LogP contribution is -2.74. The number of likely N-dealkylation sites (N-methyl/N-ethyl adjacent to an activating group) is 1. The first-order valence-electron chi connectivity index (χ1n) is 11.1. The molecule has 34 heavy (non-hydrogen) atoms. The minimum atomic E-state index is -2.72. The molecule has 3 aliphatic rings. The number of aryl methyl sites for hydroxylation is 1. The fraction of sp³-hybridized carbons (Fsp3) is 0.542. The molecule has 10 heteroatoms. The van der Waals surface area contributed by atoms with Crippen LogP contribution >= 0.6 is 0 Å². The van der Waals surface area contributed by atoms with Gasteiger partial charge in [0.15, 0.2) is 34.7 Å². The number of hydrogen-bond donors (Lipinski definition) is 3. The number of Topliss-reactive ketones (excluding diaryl/α,β-unsaturated/α-hetero) is 4. The summed E-state index contributed by atoms with van der Waals surface area (Å²) in [6.07, 6.45) is 0.280. The Labute approximate surface area is 196 Å². The van der Waals surface area contributed by atoms with Crippen LogP contribution in [0, 0.1) is 30.6 Å². The zero-order valence-electron chi connectivity index (χ0n) is 19.5. The van der Waals surface area contributed by atoms with Gasteiger partial charge in [0.05, 0.1) is 24.1 Å². The minimum Gasteiger partial charge on any atom is -0.507 e. The summed E-state index contributed by atoms with van der Waals surface area (Å²) in [5.41, 5.74) is 4.29. The van der Waals surface area contributed by atoms with E-state index >= 15 is 0 Å². The number of aromatic hydroxyl groups is 1. The zero-order chi connectivity index (χ0) is 25.3. The molecule has 0 heterocycles. The van der Waals surface area contributed by atoms with Crippen LogP contribution in [0.15, 0.2) is 6.07 Å². The molecule has 2 fully saturated rings. The molecule has 6 unspecified atom stereocenters. The number of fused-ring (bicyclic) bond motifs is 3. The Morgan fingerprint density at radius 2 is 1.88 bits per heavy atom. The number of carbonyl (C=O) groups excluding carboxylic acids is 5. The predicted octanol–water partition coefficient (Wildman–Crippen LogP) is -0.678. The molecule has 0 aliphatic heterocycles. The molecular weight excluding hydrogens is 444 g/mol. The van der Waals surface area contributed by atoms with Gasteiger partial charge in [0.1, 0.15) is 5.75 Å². The van der Waals surface area contributed by atoms with E-state index < -0.39 is 64.4 Å². The van der Waals surface area contributed by atoms with Gasteiger partial charge in [-0.2, -0.15) is 0 Å². The Bertz CT molecular complexity index is 1140. The van der Waals surface area contributed by atoms with Crippen LogP contribution in [0.1, 0.15) is 33.5 Å². The molecule has 3 aliphatic carbocycles. The molecule has 182 valence electrons. The number of carbonyl (C=O) groups is 5. The Morgan fingerprint density at radius 3 is 2.44 bits per heavy atom. The van der Waals surface area contributed by atoms with Gasteiger partial charge >= 0.3 is 0 Å². The maximum atomic E-state index is 13.7. The summed E-state index contributed by atoms with van der Waals surface area (Å²) >= 11 is 0. The average Bonchev–Trinajstić information content (AvgIpc) is 2.74. The van der Waals surface area contributed by atoms with Crippen molar-refractivity contribution in [2.24, 2.45) is 29.4 Å². The molecule has 4 rings (SSSR count). The third-order valence-electron chi connectivity index (χ3n) is 7.66. The topological polar surface area (TPSA) is 164 Å². The normalized spacial score (nSPS) is 32.9. The third kappa shape index (κ3) is 3.09. The van der Waals surface area contributed by atoms with Crippen molar-refractivity contribution in [2.75, 3.05) is 21.2 Å². The molecule has 6 atom stereocenters. The second-order valence-electron chi connectivity index (χ2n) is 9.78. The predicted molar refractivity (Wildman–Crippen MR) is 117 cm³/mol. The van der Waals surface area contributed by atoms with E-state index in [1.54, 1.807) is 27.1 Å². The third-order valence-corrected chi connectivity index (χ3v) is 7.66. The average molecular weight is 472 g/mol. The molecular formula is C24H28N2O8. The van der Waals surface area contributed by atoms with Crippen molar-refractivity contribution in [3.05, 3.63) is 28.3 Å². The number of rotatable bonds is 4. The Morgan fingerprint density at radius 1 is 1.24 bits per heavy atom. The van der Waals surface area contributed by atoms with Crippen molar-refractivity contribution >= 4 is 29.0 Å². The Kier molecular flexibility index (Phi) is 5.74. The fourth-order valence-corrected chi connectivity index (χ4v) is 6.19. The largest absolute Gasteiger partial charge is 0.507 e. The van der Waals surface area contributed by atoms with Gasteiger partial charge < -0.3 is 20.7 Å². The first-order valence-corrected chi connectivity index (χ1v) is 11.1. The SMILES string of the molecule is COCc1cc(C)c2c(c1O)C(=O)C1C(=O)C3(O)C(=O)C(C(N)=O)C(=O)C(N(C)C)C3CC1C2. The van der Waals surface area contributed by atoms with E-state index in [9.17, 15) is 34.2 Å². The Hall–Kier alpha value is -2.95. The van der Waals surface area contributed by atoms with Gasteiger partial charge in [-0.05, 0) is 57.0 Å². The van der Waals surface area contributed by atoms with Gasteiger partial charge in [-0.1, -0.05) is 0 Å². The van der Waals surface area contributed by atoms with E-state index in [0.717, 1.165) is 5.56 Å². The van der Waals surface area contributed by atoms with Gasteiger partial charge in [-0.25, -0.2) is 0 Å². The summed E-state index contributed by atoms with van der Waals surface area (Å²) < 4.78 is 5.09. The second-order valence-corrected chi connectivity index (χ2v) is 9.78. The van der Waals surface area contributed by atoms with Crippen molar-refractivity contribution in [1.82, 2.24) is 4.90 Å². The number of hydrogen-bond acceptors (Lipinski definition) is 9. The molecule has 1 aromatic rings. The number of primary amides is 1. The maximum Gasteiger partial charge on any atom is 0.235 e. The smallest absolute Gasteiger partial charge is 0.235 e. The number of aliphatic hydroxyl groups is 1. The van der Waals surface area contributed by atoms with Crippen LogP contribution in [-0.2, 0) is 36.9 Å². The van der Waals surface area contributed by atoms with E-state index in [1.807, 2.05) is 0 Å². The molecule has 0 spiro atoms. The van der Waals surface area contributed by atoms with E-state index in [2.05, 4.69) is 0 Å². The van der Waals surface area contributed by atoms with Gasteiger partial charge in [0.2, 0.25) is 5.91 Å². The summed E-state index contributed by atoms with van der Waals surface area (Å²) in [4.78, 5) is 67.0. The number of phenols is 1. The van der Waals surface area contributed by atoms with Crippen LogP contribution < -0.4 is 5.73 Å². The highest BCUT2D eigenvalue weighted by Crippen LogP contribution is 2.51. The molecule has 0 bridgehead atoms. The first-order chi connectivity index (χ1) is 15.9. The lowest BCUT2D eigenvalue weighted by atomic mass is 9.52. The summed E-state index contributed by atoms with van der Waals surface area (Å²) in [6.45, 7) is 1.84. The van der Waals surface area contributed by atoms with Crippen molar-refractivity contribution < 1.29 is 38.9 Å². The standard InChI is InChI=1S/C24H28N2O8/c1-9-5-11(8-34-4)18(27)15-12(9)6-10-7-13-17(26(2)3)20(29)16(23(25)32)22(31)24(13,33)21(30)14(10)19(15)28/h5,10,13-14,16-17,27,33H,6-8H2,1-4H3,(H2,25,32). The van der Waals surface area contributed by atoms with Gasteiger partial charge in [-0.15, -0.1) is 0 Å². The van der Waals surface area contributed by atoms with Crippen molar-refractivity contribution in [2.45, 2.75) is 38.0 Å². The van der Waals surface area contributed by atoms with Crippen LogP contribution in [-0.4, -0.2) is 77.0 Å². The number of ether oxygens (including phenoxy) is 1. The van der Waals surface area contributed by atoms with Crippen LogP contribution in [0.4, 0.5) is 0 Å². The lowest BCUT2D eigenvalue weighted by Gasteiger charge is -2.52. The number of nitrogens with two attached hydrogens (primary N) is 1. The van der Waals surface area contributed by atoms with E-state index in [4.69, 9.17) is 10.5 Å². The van der Waals surface area contributed by atoms with E-state index in [1.165, 1.54) is 12.0 Å². The van der Waals surface area contributed by atoms with Crippen LogP contribution in [0.3, 0.4) is 0 Å². The fourth-order valence-electron chi connectivity index (χ4n) is 6.19. The number of ketones is 4. The molecule has 10 nitrogen and oxygen atoms in total. The van der Waals surface area contributed by atoms with Gasteiger partial charge in [0, 0.05) is 18.6 Å². The molecule has 4 N–H and O–H groups in total. The van der Waals surface area contributed by atoms with Crippen LogP contribution in [0.25, 0.3) is 0 Å². The summed E-state index contributed by atoms with van der Waals surface area (Å²) in [7, 11) is 4.54.